The van der Waals surface area contributed by atoms with Crippen molar-refractivity contribution in [1.82, 2.24) is 15.0 Å². The smallest absolute Gasteiger partial charge is 0.231 e. The van der Waals surface area contributed by atoms with Crippen LogP contribution in [0.5, 0.6) is 11.5 Å². The van der Waals surface area contributed by atoms with Gasteiger partial charge in [0.25, 0.3) is 0 Å². The first-order chi connectivity index (χ1) is 14.3. The van der Waals surface area contributed by atoms with Crippen LogP contribution < -0.4 is 25.8 Å². The van der Waals surface area contributed by atoms with Crippen LogP contribution in [-0.2, 0) is 6.54 Å². The van der Waals surface area contributed by atoms with Crippen LogP contribution in [0.3, 0.4) is 0 Å². The molecule has 3 heterocycles. The largest absolute Gasteiger partial charge is 0.454 e. The number of nitrogens with one attached hydrogen (secondary N) is 2. The highest BCUT2D eigenvalue weighted by atomic mass is 16.7. The molecule has 0 radical (unpaired) electrons. The summed E-state index contributed by atoms with van der Waals surface area (Å²) in [5, 5.41) is 7.54. The Labute approximate surface area is 166 Å². The quantitative estimate of drug-likeness (QED) is 0.477. The zero-order valence-corrected chi connectivity index (χ0v) is 15.4. The van der Waals surface area contributed by atoms with Gasteiger partial charge in [-0.1, -0.05) is 12.1 Å². The molecule has 4 aromatic rings. The Hall–Kier alpha value is -4.07. The van der Waals surface area contributed by atoms with Gasteiger partial charge in [0.1, 0.15) is 12.0 Å². The molecule has 8 heteroatoms. The van der Waals surface area contributed by atoms with E-state index < -0.39 is 0 Å². The molecule has 1 aliphatic rings. The molecule has 0 saturated heterocycles. The average Bonchev–Trinajstić information content (AvgIpc) is 3.22. The molecule has 1 aliphatic heterocycles. The molecule has 0 spiro atoms. The van der Waals surface area contributed by atoms with E-state index in [-0.39, 0.29) is 6.79 Å². The summed E-state index contributed by atoms with van der Waals surface area (Å²) in [6.07, 6.45) is 3.24. The second-order valence-electron chi connectivity index (χ2n) is 6.53. The van der Waals surface area contributed by atoms with Crippen LogP contribution in [0, 0.1) is 0 Å². The van der Waals surface area contributed by atoms with Gasteiger partial charge in [0.2, 0.25) is 6.79 Å². The zero-order valence-electron chi connectivity index (χ0n) is 15.4. The van der Waals surface area contributed by atoms with Gasteiger partial charge in [0, 0.05) is 23.8 Å². The predicted molar refractivity (Wildman–Crippen MR) is 111 cm³/mol. The van der Waals surface area contributed by atoms with E-state index in [9.17, 15) is 0 Å². The second kappa shape index (κ2) is 7.16. The zero-order chi connectivity index (χ0) is 19.6. The summed E-state index contributed by atoms with van der Waals surface area (Å²) >= 11 is 0. The van der Waals surface area contributed by atoms with Gasteiger partial charge < -0.3 is 25.8 Å². The molecular formula is C21H18N6O2. The molecule has 0 bridgehead atoms. The SMILES string of the molecule is Nc1c(NCc2ccc3c(c2)OCO3)ncnc1Nc1cccc2ncccc12. The maximum atomic E-state index is 6.32. The molecule has 2 aromatic carbocycles. The number of aromatic nitrogens is 3. The lowest BCUT2D eigenvalue weighted by molar-refractivity contribution is 0.174. The maximum absolute atomic E-state index is 6.32. The van der Waals surface area contributed by atoms with Gasteiger partial charge in [-0.05, 0) is 42.0 Å². The highest BCUT2D eigenvalue weighted by Crippen LogP contribution is 2.33. The van der Waals surface area contributed by atoms with Gasteiger partial charge in [-0.15, -0.1) is 0 Å². The van der Waals surface area contributed by atoms with Crippen molar-refractivity contribution >= 4 is 33.9 Å². The second-order valence-corrected chi connectivity index (χ2v) is 6.53. The predicted octanol–water partition coefficient (Wildman–Crippen LogP) is 3.69. The van der Waals surface area contributed by atoms with E-state index in [1.165, 1.54) is 6.33 Å². The van der Waals surface area contributed by atoms with Crippen LogP contribution in [0.15, 0.2) is 61.1 Å². The van der Waals surface area contributed by atoms with Crippen molar-refractivity contribution in [2.45, 2.75) is 6.54 Å². The molecule has 5 rings (SSSR count). The van der Waals surface area contributed by atoms with Crippen molar-refractivity contribution in [3.8, 4) is 11.5 Å². The van der Waals surface area contributed by atoms with Crippen molar-refractivity contribution in [3.05, 3.63) is 66.6 Å². The molecule has 144 valence electrons. The van der Waals surface area contributed by atoms with Gasteiger partial charge in [0.15, 0.2) is 23.1 Å². The first-order valence-electron chi connectivity index (χ1n) is 9.11. The van der Waals surface area contributed by atoms with E-state index >= 15 is 0 Å². The molecule has 2 aromatic heterocycles. The lowest BCUT2D eigenvalue weighted by Gasteiger charge is -2.14. The van der Waals surface area contributed by atoms with E-state index in [1.807, 2.05) is 48.5 Å². The minimum atomic E-state index is 0.254. The number of nitrogens with zero attached hydrogens (tertiary/aromatic N) is 3. The summed E-state index contributed by atoms with van der Waals surface area (Å²) in [6, 6.07) is 15.6. The summed E-state index contributed by atoms with van der Waals surface area (Å²) in [5.41, 5.74) is 9.56. The van der Waals surface area contributed by atoms with E-state index in [0.717, 1.165) is 33.7 Å². The van der Waals surface area contributed by atoms with Gasteiger partial charge >= 0.3 is 0 Å². The Balaban J connectivity index is 1.37. The minimum Gasteiger partial charge on any atom is -0.454 e. The number of hydrogen-bond donors (Lipinski definition) is 3. The number of hydrogen-bond acceptors (Lipinski definition) is 8. The summed E-state index contributed by atoms with van der Waals surface area (Å²) in [6.45, 7) is 0.791. The molecular weight excluding hydrogens is 368 g/mol. The normalized spacial score (nSPS) is 12.1. The fourth-order valence-electron chi connectivity index (χ4n) is 3.21. The molecule has 0 unspecified atom stereocenters. The molecule has 0 saturated carbocycles. The van der Waals surface area contributed by atoms with Crippen molar-refractivity contribution in [2.24, 2.45) is 0 Å². The number of pyridine rings is 1. The van der Waals surface area contributed by atoms with Crippen LogP contribution in [0.2, 0.25) is 0 Å². The molecule has 0 aliphatic carbocycles. The van der Waals surface area contributed by atoms with Gasteiger partial charge in [-0.3, -0.25) is 4.98 Å². The van der Waals surface area contributed by atoms with Crippen LogP contribution in [0.1, 0.15) is 5.56 Å². The maximum Gasteiger partial charge on any atom is 0.231 e. The molecule has 8 nitrogen and oxygen atoms in total. The third kappa shape index (κ3) is 3.31. The van der Waals surface area contributed by atoms with E-state index in [0.29, 0.717) is 23.9 Å². The van der Waals surface area contributed by atoms with E-state index in [2.05, 4.69) is 25.6 Å². The van der Waals surface area contributed by atoms with Crippen molar-refractivity contribution in [1.29, 1.82) is 0 Å². The summed E-state index contributed by atoms with van der Waals surface area (Å²) in [4.78, 5) is 12.9. The van der Waals surface area contributed by atoms with Gasteiger partial charge in [-0.25, -0.2) is 9.97 Å². The summed E-state index contributed by atoms with van der Waals surface area (Å²) in [7, 11) is 0. The number of fused-ring (bicyclic) bond motifs is 2. The highest BCUT2D eigenvalue weighted by Gasteiger charge is 2.14. The van der Waals surface area contributed by atoms with E-state index in [4.69, 9.17) is 15.2 Å². The molecule has 0 atom stereocenters. The van der Waals surface area contributed by atoms with Crippen LogP contribution in [-0.4, -0.2) is 21.7 Å². The van der Waals surface area contributed by atoms with Crippen molar-refractivity contribution in [2.75, 3.05) is 23.2 Å². The molecule has 4 N–H and O–H groups in total. The van der Waals surface area contributed by atoms with Gasteiger partial charge in [-0.2, -0.15) is 0 Å². The van der Waals surface area contributed by atoms with E-state index in [1.54, 1.807) is 6.20 Å². The number of benzene rings is 2. The lowest BCUT2D eigenvalue weighted by atomic mass is 10.2. The van der Waals surface area contributed by atoms with Crippen LogP contribution in [0.25, 0.3) is 10.9 Å². The summed E-state index contributed by atoms with van der Waals surface area (Å²) < 4.78 is 10.8. The average molecular weight is 386 g/mol. The minimum absolute atomic E-state index is 0.254. The number of nitrogens with two attached hydrogens (primary N) is 1. The third-order valence-electron chi connectivity index (χ3n) is 4.68. The number of anilines is 4. The van der Waals surface area contributed by atoms with Gasteiger partial charge in [0.05, 0.1) is 5.52 Å². The Morgan fingerprint density at radius 1 is 0.931 bits per heavy atom. The first-order valence-corrected chi connectivity index (χ1v) is 9.11. The monoisotopic (exact) mass is 386 g/mol. The molecule has 0 amide bonds. The Morgan fingerprint density at radius 3 is 2.79 bits per heavy atom. The topological polar surface area (TPSA) is 107 Å². The number of ether oxygens (including phenoxy) is 2. The molecule has 0 fully saturated rings. The lowest BCUT2D eigenvalue weighted by Crippen LogP contribution is -2.08. The van der Waals surface area contributed by atoms with Crippen molar-refractivity contribution < 1.29 is 9.47 Å². The van der Waals surface area contributed by atoms with Crippen LogP contribution in [0.4, 0.5) is 23.0 Å². The fourth-order valence-corrected chi connectivity index (χ4v) is 3.21. The Bertz CT molecular complexity index is 1190. The third-order valence-corrected chi connectivity index (χ3v) is 4.68. The standard InChI is InChI=1S/C21H18N6O2/c22-19-20(24-10-13-6-7-17-18(9-13)29-12-28-17)25-11-26-21(19)27-16-5-1-4-15-14(16)3-2-8-23-15/h1-9,11H,10,12,22H2,(H2,24,25,26,27). The summed E-state index contributed by atoms with van der Waals surface area (Å²) in [5.74, 6) is 2.58. The fraction of sp³-hybridized carbons (Fsp3) is 0.0952. The van der Waals surface area contributed by atoms with Crippen LogP contribution >= 0.6 is 0 Å². The number of rotatable bonds is 5. The Kier molecular flexibility index (Phi) is 4.21. The Morgan fingerprint density at radius 2 is 1.83 bits per heavy atom. The first kappa shape index (κ1) is 17.1. The van der Waals surface area contributed by atoms with Crippen molar-refractivity contribution in [3.63, 3.8) is 0 Å². The number of nitrogen functional groups attached to an aromatic ring is 1. The molecule has 29 heavy (non-hydrogen) atoms. The highest BCUT2D eigenvalue weighted by molar-refractivity contribution is 5.94.